The number of halogens is 3. The van der Waals surface area contributed by atoms with E-state index < -0.39 is 0 Å². The smallest absolute Gasteiger partial charge is 0.165 e. The number of nitriles is 1. The van der Waals surface area contributed by atoms with Crippen molar-refractivity contribution in [2.45, 2.75) is 0 Å². The summed E-state index contributed by atoms with van der Waals surface area (Å²) in [5, 5.41) is 16.7. The molecule has 2 rings (SSSR count). The molecule has 0 atom stereocenters. The number of rotatable bonds is 2. The first-order chi connectivity index (χ1) is 9.99. The molecule has 104 valence electrons. The fraction of sp³-hybridized carbons (Fsp3) is 0. The maximum atomic E-state index is 8.98. The van der Waals surface area contributed by atoms with Crippen LogP contribution in [0, 0.1) is 16.7 Å². The third kappa shape index (κ3) is 2.85. The third-order valence-electron chi connectivity index (χ3n) is 2.54. The van der Waals surface area contributed by atoms with E-state index in [1.807, 2.05) is 5.87 Å². The van der Waals surface area contributed by atoms with Crippen LogP contribution in [0.25, 0.3) is 17.0 Å². The molecular weight excluding hydrogens is 333 g/mol. The van der Waals surface area contributed by atoms with E-state index in [-0.39, 0.29) is 27.9 Å². The zero-order chi connectivity index (χ0) is 15.6. The Bertz CT molecular complexity index is 799. The molecule has 3 N–H and O–H groups in total. The predicted molar refractivity (Wildman–Crippen MR) is 83.7 cm³/mol. The van der Waals surface area contributed by atoms with Crippen molar-refractivity contribution in [1.82, 2.24) is 9.97 Å². The Kier molecular flexibility index (Phi) is 4.46. The van der Waals surface area contributed by atoms with Crippen molar-refractivity contribution in [1.29, 1.82) is 10.7 Å². The zero-order valence-corrected chi connectivity index (χ0v) is 12.6. The summed E-state index contributed by atoms with van der Waals surface area (Å²) in [4.78, 5) is 8.16. The minimum absolute atomic E-state index is 0.00709. The molecule has 8 heteroatoms. The standard InChI is InChI=1S/C13H6Cl3N5/c14-7-2-1-3-8(15)9(7)13-20-11(6(4-17)5-18)10(16)12(19)21-13/h1-3,17H,(H2,19,20,21). The molecule has 1 aromatic carbocycles. The number of nitrogens with two attached hydrogens (primary N) is 1. The maximum absolute atomic E-state index is 8.98. The van der Waals surface area contributed by atoms with Gasteiger partial charge in [-0.1, -0.05) is 40.9 Å². The number of anilines is 1. The molecule has 21 heavy (non-hydrogen) atoms. The Hall–Kier alpha value is -2.09. The molecule has 0 radical (unpaired) electrons. The summed E-state index contributed by atoms with van der Waals surface area (Å²) in [5.41, 5.74) is 5.93. The van der Waals surface area contributed by atoms with Crippen LogP contribution >= 0.6 is 34.8 Å². The molecule has 0 unspecified atom stereocenters. The third-order valence-corrected chi connectivity index (χ3v) is 3.54. The molecule has 1 heterocycles. The highest BCUT2D eigenvalue weighted by molar-refractivity contribution is 6.39. The highest BCUT2D eigenvalue weighted by Gasteiger charge is 2.18. The molecule has 0 aliphatic heterocycles. The quantitative estimate of drug-likeness (QED) is 0.641. The van der Waals surface area contributed by atoms with Crippen LogP contribution in [-0.2, 0) is 0 Å². The van der Waals surface area contributed by atoms with Gasteiger partial charge in [0.05, 0.1) is 15.6 Å². The molecular formula is C13H6Cl3N5. The maximum Gasteiger partial charge on any atom is 0.165 e. The molecule has 0 amide bonds. The van der Waals surface area contributed by atoms with Gasteiger partial charge in [-0.2, -0.15) is 5.26 Å². The Labute approximate surface area is 135 Å². The number of nitrogens with zero attached hydrogens (tertiary/aromatic N) is 3. The summed E-state index contributed by atoms with van der Waals surface area (Å²) in [6, 6.07) is 6.68. The average molecular weight is 339 g/mol. The van der Waals surface area contributed by atoms with Crippen molar-refractivity contribution in [3.8, 4) is 17.5 Å². The summed E-state index contributed by atoms with van der Waals surface area (Å²) in [6.07, 6.45) is 0. The monoisotopic (exact) mass is 337 g/mol. The van der Waals surface area contributed by atoms with Gasteiger partial charge in [0.15, 0.2) is 5.82 Å². The van der Waals surface area contributed by atoms with Gasteiger partial charge in [-0.3, -0.25) is 5.41 Å². The predicted octanol–water partition coefficient (Wildman–Crippen LogP) is 3.84. The first kappa shape index (κ1) is 15.3. The van der Waals surface area contributed by atoms with Crippen LogP contribution < -0.4 is 5.73 Å². The summed E-state index contributed by atoms with van der Waals surface area (Å²) < 4.78 is 0. The molecule has 0 saturated carbocycles. The number of benzene rings is 1. The van der Waals surface area contributed by atoms with Gasteiger partial charge in [0.25, 0.3) is 0 Å². The highest BCUT2D eigenvalue weighted by Crippen LogP contribution is 2.35. The minimum Gasteiger partial charge on any atom is -0.382 e. The van der Waals surface area contributed by atoms with Crippen LogP contribution in [0.2, 0.25) is 15.1 Å². The molecule has 0 saturated heterocycles. The van der Waals surface area contributed by atoms with Crippen molar-refractivity contribution in [3.05, 3.63) is 39.0 Å². The Morgan fingerprint density at radius 3 is 2.33 bits per heavy atom. The topological polar surface area (TPSA) is 99.4 Å². The lowest BCUT2D eigenvalue weighted by molar-refractivity contribution is 1.16. The van der Waals surface area contributed by atoms with Gasteiger partial charge in [0, 0.05) is 0 Å². The minimum atomic E-state index is -0.168. The second-order valence-corrected chi connectivity index (χ2v) is 5.00. The fourth-order valence-electron chi connectivity index (χ4n) is 1.59. The Morgan fingerprint density at radius 2 is 1.81 bits per heavy atom. The number of hydrogen-bond donors (Lipinski definition) is 2. The number of nitrogen functional groups attached to an aromatic ring is 1. The molecule has 5 nitrogen and oxygen atoms in total. The molecule has 0 aliphatic carbocycles. The largest absolute Gasteiger partial charge is 0.382 e. The van der Waals surface area contributed by atoms with E-state index in [1.54, 1.807) is 24.3 Å². The zero-order valence-electron chi connectivity index (χ0n) is 10.3. The van der Waals surface area contributed by atoms with E-state index in [4.69, 9.17) is 51.2 Å². The number of hydrogen-bond acceptors (Lipinski definition) is 5. The summed E-state index contributed by atoms with van der Waals surface area (Å²) >= 11 is 18.2. The average Bonchev–Trinajstić information content (AvgIpc) is 2.44. The Morgan fingerprint density at radius 1 is 1.19 bits per heavy atom. The van der Waals surface area contributed by atoms with Gasteiger partial charge in [-0.15, -0.1) is 0 Å². The molecule has 0 aliphatic rings. The second kappa shape index (κ2) is 6.13. The van der Waals surface area contributed by atoms with Crippen molar-refractivity contribution < 1.29 is 0 Å². The molecule has 0 fully saturated rings. The number of nitrogens with one attached hydrogen (secondary N) is 1. The van der Waals surface area contributed by atoms with Gasteiger partial charge < -0.3 is 5.73 Å². The Balaban J connectivity index is 2.79. The van der Waals surface area contributed by atoms with Crippen LogP contribution in [0.15, 0.2) is 18.2 Å². The fourth-order valence-corrected chi connectivity index (χ4v) is 2.34. The lowest BCUT2D eigenvalue weighted by Crippen LogP contribution is -2.03. The van der Waals surface area contributed by atoms with E-state index in [0.717, 1.165) is 0 Å². The van der Waals surface area contributed by atoms with Gasteiger partial charge in [-0.25, -0.2) is 9.97 Å². The van der Waals surface area contributed by atoms with Crippen LogP contribution in [-0.4, -0.2) is 15.8 Å². The van der Waals surface area contributed by atoms with Gasteiger partial charge in [0.2, 0.25) is 0 Å². The second-order valence-electron chi connectivity index (χ2n) is 3.80. The molecule has 2 aromatic rings. The van der Waals surface area contributed by atoms with Crippen molar-refractivity contribution >= 4 is 52.1 Å². The van der Waals surface area contributed by atoms with Crippen molar-refractivity contribution in [3.63, 3.8) is 0 Å². The lowest BCUT2D eigenvalue weighted by atomic mass is 10.1. The molecule has 0 bridgehead atoms. The van der Waals surface area contributed by atoms with Gasteiger partial charge >= 0.3 is 0 Å². The van der Waals surface area contributed by atoms with Gasteiger partial charge in [-0.05, 0) is 18.0 Å². The van der Waals surface area contributed by atoms with Gasteiger partial charge in [0.1, 0.15) is 28.2 Å². The summed E-state index contributed by atoms with van der Waals surface area (Å²) in [6.45, 7) is 0. The molecule has 0 spiro atoms. The van der Waals surface area contributed by atoms with E-state index >= 15 is 0 Å². The van der Waals surface area contributed by atoms with Crippen LogP contribution in [0.5, 0.6) is 0 Å². The van der Waals surface area contributed by atoms with E-state index in [9.17, 15) is 0 Å². The normalized spacial score (nSPS) is 9.81. The first-order valence-electron chi connectivity index (χ1n) is 5.47. The first-order valence-corrected chi connectivity index (χ1v) is 6.60. The number of allylic oxidation sites excluding steroid dienone is 1. The lowest BCUT2D eigenvalue weighted by Gasteiger charge is -2.09. The van der Waals surface area contributed by atoms with Crippen molar-refractivity contribution in [2.75, 3.05) is 5.73 Å². The van der Waals surface area contributed by atoms with Crippen LogP contribution in [0.3, 0.4) is 0 Å². The highest BCUT2D eigenvalue weighted by atomic mass is 35.5. The van der Waals surface area contributed by atoms with E-state index in [1.165, 1.54) is 0 Å². The number of aromatic nitrogens is 2. The summed E-state index contributed by atoms with van der Waals surface area (Å²) in [5.74, 6) is 2.02. The van der Waals surface area contributed by atoms with Crippen molar-refractivity contribution in [2.24, 2.45) is 0 Å². The molecule has 1 aromatic heterocycles. The summed E-state index contributed by atoms with van der Waals surface area (Å²) in [7, 11) is 0. The SMILES string of the molecule is N#CC(=C=N)c1nc(-c2c(Cl)cccc2Cl)nc(N)c1Cl. The van der Waals surface area contributed by atoms with E-state index in [0.29, 0.717) is 15.6 Å². The van der Waals surface area contributed by atoms with E-state index in [2.05, 4.69) is 9.97 Å². The van der Waals surface area contributed by atoms with Crippen LogP contribution in [0.4, 0.5) is 5.82 Å². The van der Waals surface area contributed by atoms with Crippen LogP contribution in [0.1, 0.15) is 5.69 Å².